The molecular formula is C16H9Cl2F2N3. The summed E-state index contributed by atoms with van der Waals surface area (Å²) < 4.78 is 27.1. The Bertz CT molecular complexity index is 923. The molecule has 116 valence electrons. The van der Waals surface area contributed by atoms with Crippen LogP contribution in [0.1, 0.15) is 5.56 Å². The zero-order chi connectivity index (χ0) is 15.7. The molecule has 0 saturated heterocycles. The number of anilines is 2. The molecule has 1 N–H and O–H groups in total. The summed E-state index contributed by atoms with van der Waals surface area (Å²) in [6, 6.07) is 10.00. The smallest absolute Gasteiger partial charge is 0.146 e. The Kier molecular flexibility index (Phi) is 4.99. The van der Waals surface area contributed by atoms with E-state index >= 15 is 0 Å². The van der Waals surface area contributed by atoms with Gasteiger partial charge < -0.3 is 5.32 Å². The van der Waals surface area contributed by atoms with E-state index in [1.807, 2.05) is 6.07 Å². The summed E-state index contributed by atoms with van der Waals surface area (Å²) in [6.45, 7) is 0. The van der Waals surface area contributed by atoms with Gasteiger partial charge in [-0.1, -0.05) is 11.6 Å². The zero-order valence-electron chi connectivity index (χ0n) is 11.5. The largest absolute Gasteiger partial charge is 0.351 e. The predicted molar refractivity (Wildman–Crippen MR) is 88.4 cm³/mol. The Hall–Kier alpha value is -2.42. The van der Waals surface area contributed by atoms with E-state index in [0.29, 0.717) is 21.6 Å². The number of pyridine rings is 1. The number of nitrogens with zero attached hydrogens (tertiary/aromatic N) is 2. The minimum atomic E-state index is -0.628. The van der Waals surface area contributed by atoms with Crippen molar-refractivity contribution in [3.8, 4) is 6.07 Å². The van der Waals surface area contributed by atoms with Crippen molar-refractivity contribution in [1.29, 1.82) is 5.26 Å². The van der Waals surface area contributed by atoms with E-state index in [2.05, 4.69) is 10.3 Å². The van der Waals surface area contributed by atoms with E-state index in [9.17, 15) is 14.0 Å². The van der Waals surface area contributed by atoms with E-state index < -0.39 is 11.6 Å². The average molecular weight is 352 g/mol. The van der Waals surface area contributed by atoms with Crippen LogP contribution in [0.2, 0.25) is 5.02 Å². The van der Waals surface area contributed by atoms with Crippen molar-refractivity contribution in [2.45, 2.75) is 0 Å². The summed E-state index contributed by atoms with van der Waals surface area (Å²) in [5, 5.41) is 13.0. The molecule has 3 aromatic rings. The summed E-state index contributed by atoms with van der Waals surface area (Å²) in [5.74, 6) is -1.21. The normalized spacial score (nSPS) is 10.0. The first kappa shape index (κ1) is 16.9. The maximum absolute atomic E-state index is 13.8. The molecule has 0 spiro atoms. The number of halogens is 4. The topological polar surface area (TPSA) is 48.7 Å². The Morgan fingerprint density at radius 3 is 2.65 bits per heavy atom. The van der Waals surface area contributed by atoms with Crippen LogP contribution in [0.3, 0.4) is 0 Å². The maximum Gasteiger partial charge on any atom is 0.146 e. The van der Waals surface area contributed by atoms with Crippen LogP contribution in [0.4, 0.5) is 20.2 Å². The fourth-order valence-electron chi connectivity index (χ4n) is 2.11. The first-order valence-corrected chi connectivity index (χ1v) is 6.67. The molecule has 0 bridgehead atoms. The Morgan fingerprint density at radius 2 is 1.91 bits per heavy atom. The van der Waals surface area contributed by atoms with Crippen LogP contribution in [0, 0.1) is 23.0 Å². The van der Waals surface area contributed by atoms with Gasteiger partial charge in [0.15, 0.2) is 0 Å². The lowest BCUT2D eigenvalue weighted by atomic mass is 10.1. The highest BCUT2D eigenvalue weighted by Gasteiger charge is 2.12. The second-order valence-electron chi connectivity index (χ2n) is 4.57. The van der Waals surface area contributed by atoms with Crippen molar-refractivity contribution in [2.75, 3.05) is 5.32 Å². The summed E-state index contributed by atoms with van der Waals surface area (Å²) in [7, 11) is 0. The van der Waals surface area contributed by atoms with Crippen LogP contribution in [0.15, 0.2) is 42.6 Å². The number of rotatable bonds is 2. The summed E-state index contributed by atoms with van der Waals surface area (Å²) in [6.07, 6.45) is 1.37. The molecule has 2 aromatic carbocycles. The Balaban J connectivity index is 0.00000192. The van der Waals surface area contributed by atoms with E-state index in [1.54, 1.807) is 18.2 Å². The van der Waals surface area contributed by atoms with Crippen molar-refractivity contribution >= 4 is 46.3 Å². The van der Waals surface area contributed by atoms with Gasteiger partial charge in [0.1, 0.15) is 17.7 Å². The lowest BCUT2D eigenvalue weighted by Crippen LogP contribution is -1.99. The first-order valence-electron chi connectivity index (χ1n) is 6.29. The van der Waals surface area contributed by atoms with Crippen LogP contribution in [-0.4, -0.2) is 4.98 Å². The molecule has 0 radical (unpaired) electrons. The number of nitrogens with one attached hydrogen (secondary N) is 1. The lowest BCUT2D eigenvalue weighted by Gasteiger charge is -2.12. The molecule has 0 saturated carbocycles. The number of aromatic nitrogens is 1. The zero-order valence-corrected chi connectivity index (χ0v) is 13.1. The third-order valence-electron chi connectivity index (χ3n) is 3.14. The molecule has 0 aliphatic carbocycles. The number of fused-ring (bicyclic) bond motifs is 1. The van der Waals surface area contributed by atoms with Crippen molar-refractivity contribution in [3.63, 3.8) is 0 Å². The molecule has 0 atom stereocenters. The summed E-state index contributed by atoms with van der Waals surface area (Å²) in [4.78, 5) is 4.15. The van der Waals surface area contributed by atoms with E-state index in [0.717, 1.165) is 18.2 Å². The molecule has 0 unspecified atom stereocenters. The fourth-order valence-corrected chi connectivity index (χ4v) is 2.28. The quantitative estimate of drug-likeness (QED) is 0.689. The van der Waals surface area contributed by atoms with Gasteiger partial charge in [-0.25, -0.2) is 8.78 Å². The standard InChI is InChI=1S/C16H8ClF2N3.ClH/c17-10-1-4-14-12(5-10)16(9(7-20)8-21-14)22-15-6-11(18)2-3-13(15)19;/h1-6,8H,(H,21,22);1H. The van der Waals surface area contributed by atoms with Crippen LogP contribution < -0.4 is 5.32 Å². The molecule has 3 nitrogen and oxygen atoms in total. The number of hydrogen-bond donors (Lipinski definition) is 1. The molecular weight excluding hydrogens is 343 g/mol. The second kappa shape index (κ2) is 6.78. The van der Waals surface area contributed by atoms with Crippen LogP contribution in [0.25, 0.3) is 10.9 Å². The van der Waals surface area contributed by atoms with E-state index in [1.165, 1.54) is 6.20 Å². The highest BCUT2D eigenvalue weighted by atomic mass is 35.5. The monoisotopic (exact) mass is 351 g/mol. The third-order valence-corrected chi connectivity index (χ3v) is 3.37. The van der Waals surface area contributed by atoms with Crippen LogP contribution in [0.5, 0.6) is 0 Å². The third kappa shape index (κ3) is 3.34. The molecule has 3 rings (SSSR count). The minimum Gasteiger partial charge on any atom is -0.351 e. The van der Waals surface area contributed by atoms with Gasteiger partial charge in [0.05, 0.1) is 22.5 Å². The van der Waals surface area contributed by atoms with Gasteiger partial charge in [0.2, 0.25) is 0 Å². The van der Waals surface area contributed by atoms with Crippen molar-refractivity contribution < 1.29 is 8.78 Å². The van der Waals surface area contributed by atoms with Gasteiger partial charge in [-0.05, 0) is 30.3 Å². The maximum atomic E-state index is 13.8. The molecule has 0 amide bonds. The average Bonchev–Trinajstić information content (AvgIpc) is 2.51. The fraction of sp³-hybridized carbons (Fsp3) is 0. The lowest BCUT2D eigenvalue weighted by molar-refractivity contribution is 0.603. The van der Waals surface area contributed by atoms with E-state index in [-0.39, 0.29) is 23.7 Å². The van der Waals surface area contributed by atoms with Gasteiger partial charge >= 0.3 is 0 Å². The van der Waals surface area contributed by atoms with Crippen molar-refractivity contribution in [1.82, 2.24) is 4.98 Å². The summed E-state index contributed by atoms with van der Waals surface area (Å²) >= 11 is 5.97. The molecule has 0 fully saturated rings. The Labute approximate surface area is 141 Å². The van der Waals surface area contributed by atoms with Gasteiger partial charge in [-0.2, -0.15) is 5.26 Å². The molecule has 1 aromatic heterocycles. The van der Waals surface area contributed by atoms with E-state index in [4.69, 9.17) is 11.6 Å². The minimum absolute atomic E-state index is 0. The molecule has 1 heterocycles. The van der Waals surface area contributed by atoms with Crippen molar-refractivity contribution in [3.05, 3.63) is 64.8 Å². The van der Waals surface area contributed by atoms with Crippen LogP contribution >= 0.6 is 24.0 Å². The number of benzene rings is 2. The highest BCUT2D eigenvalue weighted by Crippen LogP contribution is 2.31. The van der Waals surface area contributed by atoms with Gasteiger partial charge in [-0.3, -0.25) is 4.98 Å². The molecule has 0 aliphatic heterocycles. The first-order chi connectivity index (χ1) is 10.6. The van der Waals surface area contributed by atoms with Gasteiger partial charge in [-0.15, -0.1) is 12.4 Å². The molecule has 0 aliphatic rings. The predicted octanol–water partition coefficient (Wildman–Crippen LogP) is 5.20. The molecule has 23 heavy (non-hydrogen) atoms. The second-order valence-corrected chi connectivity index (χ2v) is 5.01. The summed E-state index contributed by atoms with van der Waals surface area (Å²) in [5.41, 5.74) is 1.06. The van der Waals surface area contributed by atoms with Crippen molar-refractivity contribution in [2.24, 2.45) is 0 Å². The van der Waals surface area contributed by atoms with Gasteiger partial charge in [0.25, 0.3) is 0 Å². The number of hydrogen-bond acceptors (Lipinski definition) is 3. The van der Waals surface area contributed by atoms with Crippen LogP contribution in [-0.2, 0) is 0 Å². The van der Waals surface area contributed by atoms with Gasteiger partial charge in [0, 0.05) is 22.7 Å². The highest BCUT2D eigenvalue weighted by molar-refractivity contribution is 6.31. The SMILES string of the molecule is Cl.N#Cc1cnc2ccc(Cl)cc2c1Nc1cc(F)ccc1F. The molecule has 7 heteroatoms. The number of nitriles is 1. The Morgan fingerprint density at radius 1 is 1.13 bits per heavy atom.